The first-order valence-corrected chi connectivity index (χ1v) is 9.01. The molecule has 0 bridgehead atoms. The number of aryl methyl sites for hydroxylation is 2. The molecule has 0 amide bonds. The molecule has 0 N–H and O–H groups in total. The molecule has 2 aromatic heterocycles. The largest absolute Gasteiger partial charge is 0.301 e. The maximum Gasteiger partial charge on any atom is 0.0572 e. The van der Waals surface area contributed by atoms with E-state index in [2.05, 4.69) is 51.8 Å². The van der Waals surface area contributed by atoms with Crippen LogP contribution in [0.5, 0.6) is 0 Å². The van der Waals surface area contributed by atoms with E-state index in [-0.39, 0.29) is 0 Å². The lowest BCUT2D eigenvalue weighted by molar-refractivity contribution is 0.100. The van der Waals surface area contributed by atoms with Gasteiger partial charge in [-0.1, -0.05) is 6.07 Å². The zero-order valence-electron chi connectivity index (χ0n) is 14.9. The summed E-state index contributed by atoms with van der Waals surface area (Å²) >= 11 is 0. The first-order chi connectivity index (χ1) is 11.7. The molecular formula is C20H28N4. The first-order valence-electron chi connectivity index (χ1n) is 9.01. The van der Waals surface area contributed by atoms with Crippen LogP contribution in [0.15, 0.2) is 42.9 Å². The monoisotopic (exact) mass is 324 g/mol. The van der Waals surface area contributed by atoms with Gasteiger partial charge in [-0.25, -0.2) is 0 Å². The minimum absolute atomic E-state index is 0.409. The van der Waals surface area contributed by atoms with Crippen LogP contribution in [0.3, 0.4) is 0 Å². The summed E-state index contributed by atoms with van der Waals surface area (Å²) in [5.41, 5.74) is 3.93. The second-order valence-electron chi connectivity index (χ2n) is 6.71. The van der Waals surface area contributed by atoms with E-state index in [9.17, 15) is 0 Å². The second-order valence-corrected chi connectivity index (χ2v) is 6.71. The van der Waals surface area contributed by atoms with Crippen molar-refractivity contribution in [3.63, 3.8) is 0 Å². The van der Waals surface area contributed by atoms with Crippen LogP contribution in [-0.4, -0.2) is 52.5 Å². The summed E-state index contributed by atoms with van der Waals surface area (Å²) in [6.07, 6.45) is 8.12. The Bertz CT molecular complexity index is 621. The van der Waals surface area contributed by atoms with Gasteiger partial charge in [0, 0.05) is 50.8 Å². The predicted octanol–water partition coefficient (Wildman–Crippen LogP) is 3.10. The zero-order valence-corrected chi connectivity index (χ0v) is 14.9. The molecule has 1 fully saturated rings. The summed E-state index contributed by atoms with van der Waals surface area (Å²) < 4.78 is 0. The molecular weight excluding hydrogens is 296 g/mol. The number of aromatic nitrogens is 2. The summed E-state index contributed by atoms with van der Waals surface area (Å²) in [6.45, 7) is 10.2. The Hall–Kier alpha value is -1.78. The molecule has 1 aliphatic heterocycles. The Morgan fingerprint density at radius 1 is 1.08 bits per heavy atom. The second kappa shape index (κ2) is 8.36. The average molecular weight is 324 g/mol. The summed E-state index contributed by atoms with van der Waals surface area (Å²) in [5.74, 6) is 0. The van der Waals surface area contributed by atoms with Crippen molar-refractivity contribution in [1.29, 1.82) is 0 Å². The van der Waals surface area contributed by atoms with Gasteiger partial charge >= 0.3 is 0 Å². The van der Waals surface area contributed by atoms with E-state index in [0.29, 0.717) is 6.04 Å². The maximum absolute atomic E-state index is 4.50. The van der Waals surface area contributed by atoms with Crippen LogP contribution in [0.4, 0.5) is 0 Å². The molecule has 1 saturated heterocycles. The van der Waals surface area contributed by atoms with Gasteiger partial charge in [-0.3, -0.25) is 14.9 Å². The van der Waals surface area contributed by atoms with Crippen LogP contribution in [0, 0.1) is 6.92 Å². The molecule has 0 radical (unpaired) electrons. The highest BCUT2D eigenvalue weighted by molar-refractivity contribution is 5.21. The number of rotatable bonds is 6. The van der Waals surface area contributed by atoms with Gasteiger partial charge in [0.05, 0.1) is 5.69 Å². The highest BCUT2D eigenvalue weighted by atomic mass is 15.3. The van der Waals surface area contributed by atoms with Crippen molar-refractivity contribution in [2.24, 2.45) is 0 Å². The van der Waals surface area contributed by atoms with Crippen molar-refractivity contribution < 1.29 is 0 Å². The van der Waals surface area contributed by atoms with E-state index in [1.165, 1.54) is 29.8 Å². The van der Waals surface area contributed by atoms with Crippen molar-refractivity contribution in [3.8, 4) is 0 Å². The fraction of sp³-hybridized carbons (Fsp3) is 0.500. The van der Waals surface area contributed by atoms with E-state index in [0.717, 1.165) is 32.6 Å². The molecule has 0 spiro atoms. The molecule has 1 unspecified atom stereocenters. The number of pyridine rings is 2. The van der Waals surface area contributed by atoms with Crippen molar-refractivity contribution in [3.05, 3.63) is 59.7 Å². The van der Waals surface area contributed by atoms with Gasteiger partial charge in [-0.05, 0) is 62.6 Å². The quantitative estimate of drug-likeness (QED) is 0.817. The average Bonchev–Trinajstić information content (AvgIpc) is 2.64. The Balaban J connectivity index is 1.42. The van der Waals surface area contributed by atoms with Crippen LogP contribution in [0.25, 0.3) is 0 Å². The van der Waals surface area contributed by atoms with Crippen molar-refractivity contribution >= 4 is 0 Å². The molecule has 0 aromatic carbocycles. The number of nitrogens with zero attached hydrogens (tertiary/aromatic N) is 4. The van der Waals surface area contributed by atoms with Gasteiger partial charge in [-0.2, -0.15) is 0 Å². The van der Waals surface area contributed by atoms with Crippen LogP contribution in [-0.2, 0) is 6.42 Å². The van der Waals surface area contributed by atoms with Gasteiger partial charge in [0.25, 0.3) is 0 Å². The molecule has 2 aromatic rings. The topological polar surface area (TPSA) is 32.3 Å². The zero-order chi connectivity index (χ0) is 16.8. The molecule has 0 saturated carbocycles. The van der Waals surface area contributed by atoms with E-state index >= 15 is 0 Å². The Morgan fingerprint density at radius 2 is 1.92 bits per heavy atom. The highest BCUT2D eigenvalue weighted by Crippen LogP contribution is 2.19. The summed E-state index contributed by atoms with van der Waals surface area (Å²) in [4.78, 5) is 13.9. The van der Waals surface area contributed by atoms with Crippen molar-refractivity contribution in [2.75, 3.05) is 32.7 Å². The SMILES string of the molecule is Cc1ccncc1CCCN1CCN(C(C)c2ccccn2)CC1. The number of piperazine rings is 1. The van der Waals surface area contributed by atoms with E-state index in [1.54, 1.807) is 0 Å². The van der Waals surface area contributed by atoms with E-state index in [4.69, 9.17) is 0 Å². The number of hydrogen-bond acceptors (Lipinski definition) is 4. The normalized spacial score (nSPS) is 17.8. The summed E-state index contributed by atoms with van der Waals surface area (Å²) in [7, 11) is 0. The molecule has 4 heteroatoms. The highest BCUT2D eigenvalue weighted by Gasteiger charge is 2.22. The third-order valence-corrected chi connectivity index (χ3v) is 5.14. The lowest BCUT2D eigenvalue weighted by Gasteiger charge is -2.37. The fourth-order valence-corrected chi connectivity index (χ4v) is 3.44. The fourth-order valence-electron chi connectivity index (χ4n) is 3.44. The molecule has 1 atom stereocenters. The maximum atomic E-state index is 4.50. The van der Waals surface area contributed by atoms with Gasteiger partial charge in [0.1, 0.15) is 0 Å². The lowest BCUT2D eigenvalue weighted by Crippen LogP contribution is -2.47. The molecule has 3 heterocycles. The van der Waals surface area contributed by atoms with Gasteiger partial charge in [0.2, 0.25) is 0 Å². The molecule has 0 aliphatic carbocycles. The Morgan fingerprint density at radius 3 is 2.62 bits per heavy atom. The van der Waals surface area contributed by atoms with Crippen molar-refractivity contribution in [1.82, 2.24) is 19.8 Å². The van der Waals surface area contributed by atoms with Crippen LogP contribution in [0.1, 0.15) is 36.2 Å². The van der Waals surface area contributed by atoms with Gasteiger partial charge in [-0.15, -0.1) is 0 Å². The van der Waals surface area contributed by atoms with Crippen LogP contribution < -0.4 is 0 Å². The Labute approximate surface area is 145 Å². The molecule has 4 nitrogen and oxygen atoms in total. The van der Waals surface area contributed by atoms with E-state index < -0.39 is 0 Å². The minimum Gasteiger partial charge on any atom is -0.301 e. The first kappa shape index (κ1) is 17.1. The molecule has 24 heavy (non-hydrogen) atoms. The molecule has 128 valence electrons. The van der Waals surface area contributed by atoms with Gasteiger partial charge < -0.3 is 4.90 Å². The minimum atomic E-state index is 0.409. The Kier molecular flexibility index (Phi) is 5.94. The van der Waals surface area contributed by atoms with Crippen molar-refractivity contribution in [2.45, 2.75) is 32.7 Å². The molecule has 1 aliphatic rings. The predicted molar refractivity (Wildman–Crippen MR) is 98.0 cm³/mol. The standard InChI is InChI=1S/C20H28N4/c1-17-8-10-21-16-19(17)6-5-11-23-12-14-24(15-13-23)18(2)20-7-3-4-9-22-20/h3-4,7-10,16,18H,5-6,11-15H2,1-2H3. The summed E-state index contributed by atoms with van der Waals surface area (Å²) in [6, 6.07) is 8.71. The number of hydrogen-bond donors (Lipinski definition) is 0. The van der Waals surface area contributed by atoms with Crippen LogP contribution >= 0.6 is 0 Å². The van der Waals surface area contributed by atoms with Crippen LogP contribution in [0.2, 0.25) is 0 Å². The molecule has 3 rings (SSSR count). The third kappa shape index (κ3) is 4.40. The van der Waals surface area contributed by atoms with Gasteiger partial charge in [0.15, 0.2) is 0 Å². The summed E-state index contributed by atoms with van der Waals surface area (Å²) in [5, 5.41) is 0. The third-order valence-electron chi connectivity index (χ3n) is 5.14. The van der Waals surface area contributed by atoms with E-state index in [1.807, 2.05) is 24.7 Å². The lowest BCUT2D eigenvalue weighted by atomic mass is 10.1. The smallest absolute Gasteiger partial charge is 0.0572 e.